The van der Waals surface area contributed by atoms with Crippen molar-refractivity contribution in [1.29, 1.82) is 0 Å². The van der Waals surface area contributed by atoms with Crippen LogP contribution in [-0.2, 0) is 4.79 Å². The van der Waals surface area contributed by atoms with Gasteiger partial charge in [-0.15, -0.1) is 0 Å². The zero-order chi connectivity index (χ0) is 14.3. The number of aliphatic hydroxyl groups is 1. The van der Waals surface area contributed by atoms with Crippen molar-refractivity contribution in [1.82, 2.24) is 4.90 Å². The van der Waals surface area contributed by atoms with Gasteiger partial charge in [0.1, 0.15) is 5.78 Å². The molecule has 19 heavy (non-hydrogen) atoms. The summed E-state index contributed by atoms with van der Waals surface area (Å²) in [6.45, 7) is 7.73. The smallest absolute Gasteiger partial charge is 0.129 e. The summed E-state index contributed by atoms with van der Waals surface area (Å²) in [6, 6.07) is 0. The molecule has 0 unspecified atom stereocenters. The van der Waals surface area contributed by atoms with Crippen LogP contribution in [0.3, 0.4) is 0 Å². The number of unbranched alkanes of at least 4 members (excludes halogenated alkanes) is 6. The number of nitrogens with zero attached hydrogens (tertiary/aromatic N) is 1. The molecule has 0 aliphatic carbocycles. The molecular formula is C16H33NO2. The third kappa shape index (κ3) is 13.8. The van der Waals surface area contributed by atoms with Crippen LogP contribution in [0.1, 0.15) is 71.6 Å². The molecule has 0 amide bonds. The van der Waals surface area contributed by atoms with Crippen LogP contribution in [0.4, 0.5) is 0 Å². The largest absolute Gasteiger partial charge is 0.396 e. The van der Waals surface area contributed by atoms with E-state index in [9.17, 15) is 4.79 Å². The Morgan fingerprint density at radius 1 is 0.895 bits per heavy atom. The van der Waals surface area contributed by atoms with Crippen LogP contribution in [0, 0.1) is 0 Å². The average Bonchev–Trinajstić information content (AvgIpc) is 2.39. The van der Waals surface area contributed by atoms with Gasteiger partial charge in [-0.25, -0.2) is 0 Å². The maximum absolute atomic E-state index is 10.8. The van der Waals surface area contributed by atoms with E-state index >= 15 is 0 Å². The molecule has 3 nitrogen and oxygen atoms in total. The summed E-state index contributed by atoms with van der Waals surface area (Å²) >= 11 is 0. The Kier molecular flexibility index (Phi) is 13.7. The molecule has 0 saturated carbocycles. The van der Waals surface area contributed by atoms with Crippen LogP contribution >= 0.6 is 0 Å². The van der Waals surface area contributed by atoms with Gasteiger partial charge in [0.15, 0.2) is 0 Å². The molecule has 0 aliphatic rings. The van der Waals surface area contributed by atoms with Gasteiger partial charge >= 0.3 is 0 Å². The van der Waals surface area contributed by atoms with Gasteiger partial charge in [-0.2, -0.15) is 0 Å². The molecule has 0 aromatic heterocycles. The summed E-state index contributed by atoms with van der Waals surface area (Å²) in [5.41, 5.74) is 0. The fourth-order valence-electron chi connectivity index (χ4n) is 2.29. The topological polar surface area (TPSA) is 40.5 Å². The highest BCUT2D eigenvalue weighted by molar-refractivity contribution is 5.75. The van der Waals surface area contributed by atoms with E-state index in [0.29, 0.717) is 12.4 Å². The minimum atomic E-state index is 0.315. The van der Waals surface area contributed by atoms with Crippen LogP contribution in [0.5, 0.6) is 0 Å². The number of rotatable bonds is 14. The van der Waals surface area contributed by atoms with Crippen molar-refractivity contribution in [3.63, 3.8) is 0 Å². The molecule has 0 aliphatic heterocycles. The lowest BCUT2D eigenvalue weighted by atomic mass is 10.1. The van der Waals surface area contributed by atoms with Gasteiger partial charge in [0.2, 0.25) is 0 Å². The second kappa shape index (κ2) is 14.0. The predicted molar refractivity (Wildman–Crippen MR) is 81.4 cm³/mol. The SMILES string of the molecule is CCN(CCCCCCCO)CCCCCC(C)=O. The summed E-state index contributed by atoms with van der Waals surface area (Å²) in [7, 11) is 0. The Morgan fingerprint density at radius 2 is 1.42 bits per heavy atom. The lowest BCUT2D eigenvalue weighted by Gasteiger charge is -2.20. The van der Waals surface area contributed by atoms with Gasteiger partial charge in [0, 0.05) is 13.0 Å². The fourth-order valence-corrected chi connectivity index (χ4v) is 2.29. The molecule has 0 bridgehead atoms. The average molecular weight is 271 g/mol. The molecule has 0 fully saturated rings. The minimum Gasteiger partial charge on any atom is -0.396 e. The summed E-state index contributed by atoms with van der Waals surface area (Å²) in [6.07, 6.45) is 10.1. The number of hydrogen-bond acceptors (Lipinski definition) is 3. The van der Waals surface area contributed by atoms with E-state index in [1.807, 2.05) is 0 Å². The van der Waals surface area contributed by atoms with E-state index in [0.717, 1.165) is 32.2 Å². The van der Waals surface area contributed by atoms with Gasteiger partial charge < -0.3 is 14.8 Å². The molecule has 0 saturated heterocycles. The second-order valence-electron chi connectivity index (χ2n) is 5.44. The number of Topliss-reactive ketones (excluding diaryl/α,β-unsaturated/α-hetero) is 1. The first kappa shape index (κ1) is 18.6. The molecule has 0 aromatic carbocycles. The molecular weight excluding hydrogens is 238 g/mol. The minimum absolute atomic E-state index is 0.315. The first-order chi connectivity index (χ1) is 9.20. The normalized spacial score (nSPS) is 11.2. The van der Waals surface area contributed by atoms with Gasteiger partial charge in [0.05, 0.1) is 0 Å². The lowest BCUT2D eigenvalue weighted by molar-refractivity contribution is -0.117. The first-order valence-electron chi connectivity index (χ1n) is 8.03. The number of carbonyl (C=O) groups is 1. The van der Waals surface area contributed by atoms with Crippen LogP contribution in [0.25, 0.3) is 0 Å². The first-order valence-corrected chi connectivity index (χ1v) is 8.03. The van der Waals surface area contributed by atoms with Gasteiger partial charge in [-0.1, -0.05) is 32.6 Å². The van der Waals surface area contributed by atoms with E-state index in [-0.39, 0.29) is 0 Å². The van der Waals surface area contributed by atoms with Crippen molar-refractivity contribution in [2.24, 2.45) is 0 Å². The van der Waals surface area contributed by atoms with Gasteiger partial charge in [0.25, 0.3) is 0 Å². The standard InChI is InChI=1S/C16H33NO2/c1-3-17(13-9-5-4-6-11-15-18)14-10-7-8-12-16(2)19/h18H,3-15H2,1-2H3. The van der Waals surface area contributed by atoms with E-state index in [1.54, 1.807) is 6.92 Å². The summed E-state index contributed by atoms with van der Waals surface area (Å²) in [5.74, 6) is 0.315. The molecule has 0 heterocycles. The highest BCUT2D eigenvalue weighted by Crippen LogP contribution is 2.06. The number of carbonyl (C=O) groups excluding carboxylic acids is 1. The Hall–Kier alpha value is -0.410. The summed E-state index contributed by atoms with van der Waals surface area (Å²) in [5, 5.41) is 8.69. The summed E-state index contributed by atoms with van der Waals surface area (Å²) in [4.78, 5) is 13.3. The monoisotopic (exact) mass is 271 g/mol. The van der Waals surface area contributed by atoms with Crippen LogP contribution in [-0.4, -0.2) is 42.0 Å². The third-order valence-electron chi connectivity index (χ3n) is 3.58. The Morgan fingerprint density at radius 3 is 1.95 bits per heavy atom. The molecule has 3 heteroatoms. The zero-order valence-corrected chi connectivity index (χ0v) is 13.0. The highest BCUT2D eigenvalue weighted by Gasteiger charge is 2.02. The van der Waals surface area contributed by atoms with E-state index < -0.39 is 0 Å². The zero-order valence-electron chi connectivity index (χ0n) is 13.0. The van der Waals surface area contributed by atoms with Crippen molar-refractivity contribution in [3.05, 3.63) is 0 Å². The van der Waals surface area contributed by atoms with Crippen molar-refractivity contribution in [2.45, 2.75) is 71.6 Å². The molecule has 0 aromatic rings. The second-order valence-corrected chi connectivity index (χ2v) is 5.44. The Bertz CT molecular complexity index is 207. The number of hydrogen-bond donors (Lipinski definition) is 1. The maximum Gasteiger partial charge on any atom is 0.129 e. The van der Waals surface area contributed by atoms with Crippen molar-refractivity contribution < 1.29 is 9.90 Å². The van der Waals surface area contributed by atoms with Crippen molar-refractivity contribution in [2.75, 3.05) is 26.2 Å². The van der Waals surface area contributed by atoms with Crippen molar-refractivity contribution >= 4 is 5.78 Å². The highest BCUT2D eigenvalue weighted by atomic mass is 16.2. The van der Waals surface area contributed by atoms with Crippen LogP contribution in [0.15, 0.2) is 0 Å². The third-order valence-corrected chi connectivity index (χ3v) is 3.58. The molecule has 114 valence electrons. The molecule has 0 radical (unpaired) electrons. The Balaban J connectivity index is 3.37. The quantitative estimate of drug-likeness (QED) is 0.492. The maximum atomic E-state index is 10.8. The molecule has 0 spiro atoms. The molecule has 0 rings (SSSR count). The van der Waals surface area contributed by atoms with Gasteiger partial charge in [-0.3, -0.25) is 0 Å². The van der Waals surface area contributed by atoms with Crippen LogP contribution < -0.4 is 0 Å². The molecule has 0 atom stereocenters. The molecule has 1 N–H and O–H groups in total. The number of aliphatic hydroxyl groups excluding tert-OH is 1. The fraction of sp³-hybridized carbons (Fsp3) is 0.938. The lowest BCUT2D eigenvalue weighted by Crippen LogP contribution is -2.25. The van der Waals surface area contributed by atoms with E-state index in [2.05, 4.69) is 11.8 Å². The Labute approximate surface area is 119 Å². The number of ketones is 1. The van der Waals surface area contributed by atoms with Crippen LogP contribution in [0.2, 0.25) is 0 Å². The summed E-state index contributed by atoms with van der Waals surface area (Å²) < 4.78 is 0. The van der Waals surface area contributed by atoms with Crippen molar-refractivity contribution in [3.8, 4) is 0 Å². The van der Waals surface area contributed by atoms with E-state index in [1.165, 1.54) is 45.2 Å². The predicted octanol–water partition coefficient (Wildman–Crippen LogP) is 3.40. The van der Waals surface area contributed by atoms with E-state index in [4.69, 9.17) is 5.11 Å². The van der Waals surface area contributed by atoms with Gasteiger partial charge in [-0.05, 0) is 52.2 Å².